The first-order chi connectivity index (χ1) is 12.7. The Morgan fingerprint density at radius 2 is 2.15 bits per heavy atom. The molecule has 26 heavy (non-hydrogen) atoms. The van der Waals surface area contributed by atoms with Crippen molar-refractivity contribution in [1.82, 2.24) is 29.9 Å². The maximum absolute atomic E-state index is 12.3. The van der Waals surface area contributed by atoms with E-state index in [0.717, 1.165) is 10.2 Å². The highest BCUT2D eigenvalue weighted by Gasteiger charge is 2.08. The molecule has 1 N–H and O–H groups in total. The first kappa shape index (κ1) is 16.2. The predicted octanol–water partition coefficient (Wildman–Crippen LogP) is 1.47. The molecule has 1 aromatic carbocycles. The molecule has 0 aliphatic heterocycles. The Labute approximate surface area is 151 Å². The first-order valence-electron chi connectivity index (χ1n) is 7.90. The largest absolute Gasteiger partial charge is 0.350 e. The van der Waals surface area contributed by atoms with E-state index in [1.165, 1.54) is 22.1 Å². The van der Waals surface area contributed by atoms with Gasteiger partial charge in [0.25, 0.3) is 11.5 Å². The number of thiazole rings is 1. The van der Waals surface area contributed by atoms with Gasteiger partial charge < -0.3 is 5.32 Å². The number of hydrogen-bond donors (Lipinski definition) is 1. The second kappa shape index (κ2) is 6.89. The molecule has 3 aromatic heterocycles. The molecule has 0 spiro atoms. The average molecular weight is 366 g/mol. The fourth-order valence-corrected chi connectivity index (χ4v) is 3.21. The maximum Gasteiger partial charge on any atom is 0.266 e. The van der Waals surface area contributed by atoms with Crippen LogP contribution in [0.4, 0.5) is 0 Å². The molecule has 0 bridgehead atoms. The third-order valence-electron chi connectivity index (χ3n) is 3.79. The topological polar surface area (TPSA) is 94.7 Å². The van der Waals surface area contributed by atoms with Gasteiger partial charge in [0.05, 0.1) is 22.3 Å². The van der Waals surface area contributed by atoms with E-state index in [-0.39, 0.29) is 24.6 Å². The number of fused-ring (bicyclic) bond motifs is 1. The summed E-state index contributed by atoms with van der Waals surface area (Å²) in [6, 6.07) is 10.2. The van der Waals surface area contributed by atoms with E-state index in [1.807, 2.05) is 12.1 Å². The summed E-state index contributed by atoms with van der Waals surface area (Å²) in [4.78, 5) is 28.4. The standard InChI is InChI=1S/C17H14N6O2S/c24-16-5-4-15(22-8-1-6-20-22)21-23(16)9-7-18-17(25)12-2-3-13-14(10-12)26-11-19-13/h1-6,8,10-11H,7,9H2,(H,18,25). The third kappa shape index (κ3) is 3.24. The van der Waals surface area contributed by atoms with Gasteiger partial charge in [-0.2, -0.15) is 5.10 Å². The van der Waals surface area contributed by atoms with Crippen LogP contribution in [0.25, 0.3) is 16.0 Å². The van der Waals surface area contributed by atoms with Crippen molar-refractivity contribution in [2.24, 2.45) is 0 Å². The summed E-state index contributed by atoms with van der Waals surface area (Å²) in [5.41, 5.74) is 2.95. The van der Waals surface area contributed by atoms with Crippen LogP contribution in [0, 0.1) is 0 Å². The molecule has 3 heterocycles. The number of benzene rings is 1. The lowest BCUT2D eigenvalue weighted by Gasteiger charge is -2.08. The minimum atomic E-state index is -0.235. The van der Waals surface area contributed by atoms with E-state index in [4.69, 9.17) is 0 Å². The molecule has 4 aromatic rings. The molecule has 4 rings (SSSR count). The molecule has 0 radical (unpaired) electrons. The smallest absolute Gasteiger partial charge is 0.266 e. The second-order valence-electron chi connectivity index (χ2n) is 5.49. The van der Waals surface area contributed by atoms with Crippen LogP contribution in [0.15, 0.2) is 59.1 Å². The molecule has 130 valence electrons. The summed E-state index contributed by atoms with van der Waals surface area (Å²) >= 11 is 1.49. The lowest BCUT2D eigenvalue weighted by atomic mass is 10.2. The van der Waals surface area contributed by atoms with Crippen LogP contribution in [0.2, 0.25) is 0 Å². The Morgan fingerprint density at radius 1 is 1.23 bits per heavy atom. The number of nitrogens with one attached hydrogen (secondary N) is 1. The number of amides is 1. The van der Waals surface area contributed by atoms with Gasteiger partial charge in [-0.3, -0.25) is 9.59 Å². The first-order valence-corrected chi connectivity index (χ1v) is 8.78. The van der Waals surface area contributed by atoms with E-state index >= 15 is 0 Å². The normalized spacial score (nSPS) is 10.9. The molecule has 0 aliphatic carbocycles. The van der Waals surface area contributed by atoms with E-state index < -0.39 is 0 Å². The van der Waals surface area contributed by atoms with E-state index in [9.17, 15) is 9.59 Å². The molecule has 0 aliphatic rings. The van der Waals surface area contributed by atoms with Crippen LogP contribution >= 0.6 is 11.3 Å². The van der Waals surface area contributed by atoms with Gasteiger partial charge >= 0.3 is 0 Å². The molecule has 8 nitrogen and oxygen atoms in total. The van der Waals surface area contributed by atoms with Crippen molar-refractivity contribution in [3.8, 4) is 5.82 Å². The summed E-state index contributed by atoms with van der Waals surface area (Å²) in [7, 11) is 0. The summed E-state index contributed by atoms with van der Waals surface area (Å²) < 4.78 is 3.84. The van der Waals surface area contributed by atoms with Crippen molar-refractivity contribution in [2.75, 3.05) is 6.54 Å². The summed E-state index contributed by atoms with van der Waals surface area (Å²) in [5.74, 6) is 0.341. The monoisotopic (exact) mass is 366 g/mol. The highest BCUT2D eigenvalue weighted by Crippen LogP contribution is 2.18. The molecule has 0 atom stereocenters. The van der Waals surface area contributed by atoms with Crippen molar-refractivity contribution < 1.29 is 4.79 Å². The minimum Gasteiger partial charge on any atom is -0.350 e. The zero-order chi connectivity index (χ0) is 17.9. The summed E-state index contributed by atoms with van der Waals surface area (Å²) in [6.45, 7) is 0.553. The number of rotatable bonds is 5. The Balaban J connectivity index is 1.43. The number of carbonyl (C=O) groups excluding carboxylic acids is 1. The van der Waals surface area contributed by atoms with Crippen LogP contribution in [0.5, 0.6) is 0 Å². The van der Waals surface area contributed by atoms with Crippen molar-refractivity contribution in [1.29, 1.82) is 0 Å². The van der Waals surface area contributed by atoms with Crippen molar-refractivity contribution in [2.45, 2.75) is 6.54 Å². The average Bonchev–Trinajstić information content (AvgIpc) is 3.34. The van der Waals surface area contributed by atoms with Gasteiger partial charge in [-0.25, -0.2) is 14.3 Å². The quantitative estimate of drug-likeness (QED) is 0.577. The van der Waals surface area contributed by atoms with Crippen molar-refractivity contribution in [3.63, 3.8) is 0 Å². The van der Waals surface area contributed by atoms with Crippen molar-refractivity contribution >= 4 is 27.5 Å². The van der Waals surface area contributed by atoms with Gasteiger partial charge in [0, 0.05) is 30.6 Å². The molecular weight excluding hydrogens is 352 g/mol. The van der Waals surface area contributed by atoms with Crippen molar-refractivity contribution in [3.05, 3.63) is 70.2 Å². The molecular formula is C17H14N6O2S. The van der Waals surface area contributed by atoms with Gasteiger partial charge in [0.1, 0.15) is 0 Å². The van der Waals surface area contributed by atoms with Crippen LogP contribution < -0.4 is 10.9 Å². The zero-order valence-corrected chi connectivity index (χ0v) is 14.4. The Kier molecular flexibility index (Phi) is 4.28. The van der Waals surface area contributed by atoms with Gasteiger partial charge in [-0.15, -0.1) is 16.4 Å². The van der Waals surface area contributed by atoms with Crippen LogP contribution in [-0.2, 0) is 6.54 Å². The van der Waals surface area contributed by atoms with Gasteiger partial charge in [-0.05, 0) is 30.3 Å². The summed E-state index contributed by atoms with van der Waals surface area (Å²) in [5, 5.41) is 11.2. The number of carbonyl (C=O) groups is 1. The van der Waals surface area contributed by atoms with E-state index in [0.29, 0.717) is 11.4 Å². The number of nitrogens with zero attached hydrogens (tertiary/aromatic N) is 5. The van der Waals surface area contributed by atoms with Crippen LogP contribution in [0.1, 0.15) is 10.4 Å². The Hall–Kier alpha value is -3.33. The van der Waals surface area contributed by atoms with Crippen LogP contribution in [0.3, 0.4) is 0 Å². The zero-order valence-electron chi connectivity index (χ0n) is 13.6. The Morgan fingerprint density at radius 3 is 3.00 bits per heavy atom. The highest BCUT2D eigenvalue weighted by molar-refractivity contribution is 7.16. The molecule has 0 saturated carbocycles. The Bertz CT molecular complexity index is 1120. The highest BCUT2D eigenvalue weighted by atomic mass is 32.1. The fourth-order valence-electron chi connectivity index (χ4n) is 2.50. The molecule has 0 fully saturated rings. The van der Waals surface area contributed by atoms with Gasteiger partial charge in [0.2, 0.25) is 0 Å². The SMILES string of the molecule is O=C(NCCn1nc(-n2cccn2)ccc1=O)c1ccc2ncsc2c1. The molecule has 9 heteroatoms. The third-order valence-corrected chi connectivity index (χ3v) is 4.59. The number of aromatic nitrogens is 5. The lowest BCUT2D eigenvalue weighted by Crippen LogP contribution is -2.32. The number of hydrogen-bond acceptors (Lipinski definition) is 6. The van der Waals surface area contributed by atoms with Gasteiger partial charge in [0.15, 0.2) is 5.82 Å². The molecule has 0 unspecified atom stereocenters. The van der Waals surface area contributed by atoms with Gasteiger partial charge in [-0.1, -0.05) is 0 Å². The fraction of sp³-hybridized carbons (Fsp3) is 0.118. The molecule has 1 amide bonds. The van der Waals surface area contributed by atoms with E-state index in [1.54, 1.807) is 40.8 Å². The summed E-state index contributed by atoms with van der Waals surface area (Å²) in [6.07, 6.45) is 3.38. The lowest BCUT2D eigenvalue weighted by molar-refractivity contribution is 0.0952. The van der Waals surface area contributed by atoms with E-state index in [2.05, 4.69) is 20.5 Å². The van der Waals surface area contributed by atoms with Crippen LogP contribution in [-0.4, -0.2) is 37.0 Å². The molecule has 0 saturated heterocycles. The predicted molar refractivity (Wildman–Crippen MR) is 97.6 cm³/mol. The maximum atomic E-state index is 12.3. The minimum absolute atomic E-state index is 0.198. The second-order valence-corrected chi connectivity index (χ2v) is 6.38.